The molecular formula is C14H18Cl2. The van der Waals surface area contributed by atoms with Crippen molar-refractivity contribution in [3.05, 3.63) is 34.9 Å². The summed E-state index contributed by atoms with van der Waals surface area (Å²) in [5.74, 6) is 1.46. The van der Waals surface area contributed by atoms with Gasteiger partial charge in [-0.05, 0) is 42.4 Å². The summed E-state index contributed by atoms with van der Waals surface area (Å²) >= 11 is 12.5. The molecule has 1 aromatic rings. The molecule has 1 saturated carbocycles. The van der Waals surface area contributed by atoms with Crippen molar-refractivity contribution in [3.8, 4) is 0 Å². The number of rotatable bonds is 3. The highest BCUT2D eigenvalue weighted by Crippen LogP contribution is 2.37. The fourth-order valence-electron chi connectivity index (χ4n) is 2.75. The van der Waals surface area contributed by atoms with Crippen molar-refractivity contribution in [1.29, 1.82) is 0 Å². The Kier molecular flexibility index (Phi) is 4.16. The van der Waals surface area contributed by atoms with E-state index in [0.29, 0.717) is 5.92 Å². The Morgan fingerprint density at radius 1 is 1.38 bits per heavy atom. The van der Waals surface area contributed by atoms with E-state index >= 15 is 0 Å². The largest absolute Gasteiger partial charge is 0.122 e. The molecular weight excluding hydrogens is 239 g/mol. The van der Waals surface area contributed by atoms with Gasteiger partial charge in [0.25, 0.3) is 0 Å². The molecule has 0 N–H and O–H groups in total. The van der Waals surface area contributed by atoms with Gasteiger partial charge in [0.2, 0.25) is 0 Å². The van der Waals surface area contributed by atoms with Crippen LogP contribution in [0.25, 0.3) is 0 Å². The lowest BCUT2D eigenvalue weighted by atomic mass is 9.91. The first-order chi connectivity index (χ1) is 7.66. The van der Waals surface area contributed by atoms with Gasteiger partial charge in [0.15, 0.2) is 0 Å². The minimum atomic E-state index is 0.260. The number of alkyl halides is 1. The fourth-order valence-corrected chi connectivity index (χ4v) is 3.52. The van der Waals surface area contributed by atoms with Crippen molar-refractivity contribution < 1.29 is 0 Å². The summed E-state index contributed by atoms with van der Waals surface area (Å²) < 4.78 is 0. The van der Waals surface area contributed by atoms with Gasteiger partial charge >= 0.3 is 0 Å². The molecule has 3 atom stereocenters. The van der Waals surface area contributed by atoms with E-state index < -0.39 is 0 Å². The molecule has 0 radical (unpaired) electrons. The molecule has 16 heavy (non-hydrogen) atoms. The van der Waals surface area contributed by atoms with E-state index in [-0.39, 0.29) is 5.38 Å². The van der Waals surface area contributed by atoms with Gasteiger partial charge in [-0.2, -0.15) is 0 Å². The van der Waals surface area contributed by atoms with Crippen LogP contribution in [0.2, 0.25) is 5.02 Å². The maximum Gasteiger partial charge on any atom is 0.0408 e. The molecule has 0 nitrogen and oxygen atoms in total. The molecule has 1 aliphatic carbocycles. The summed E-state index contributed by atoms with van der Waals surface area (Å²) in [6.45, 7) is 2.32. The first-order valence-corrected chi connectivity index (χ1v) is 6.87. The van der Waals surface area contributed by atoms with Crippen molar-refractivity contribution in [2.45, 2.75) is 38.0 Å². The molecule has 0 spiro atoms. The standard InChI is InChI=1S/C14H18Cl2/c1-10-4-2-7-13(10)14(16)9-11-5-3-6-12(15)8-11/h3,5-6,8,10,13-14H,2,4,7,9H2,1H3. The van der Waals surface area contributed by atoms with Gasteiger partial charge < -0.3 is 0 Å². The second kappa shape index (κ2) is 5.42. The van der Waals surface area contributed by atoms with Gasteiger partial charge in [-0.25, -0.2) is 0 Å². The van der Waals surface area contributed by atoms with E-state index in [4.69, 9.17) is 23.2 Å². The third kappa shape index (κ3) is 2.93. The zero-order valence-electron chi connectivity index (χ0n) is 9.63. The molecule has 0 bridgehead atoms. The number of hydrogen-bond acceptors (Lipinski definition) is 0. The van der Waals surface area contributed by atoms with Gasteiger partial charge in [-0.15, -0.1) is 11.6 Å². The van der Waals surface area contributed by atoms with Crippen LogP contribution in [0.5, 0.6) is 0 Å². The minimum Gasteiger partial charge on any atom is -0.122 e. The van der Waals surface area contributed by atoms with Crippen LogP contribution in [0, 0.1) is 11.8 Å². The molecule has 1 aromatic carbocycles. The van der Waals surface area contributed by atoms with Gasteiger partial charge in [0.1, 0.15) is 0 Å². The minimum absolute atomic E-state index is 0.260. The van der Waals surface area contributed by atoms with E-state index in [1.807, 2.05) is 18.2 Å². The lowest BCUT2D eigenvalue weighted by Gasteiger charge is -2.21. The lowest BCUT2D eigenvalue weighted by Crippen LogP contribution is -2.19. The van der Waals surface area contributed by atoms with E-state index in [0.717, 1.165) is 17.4 Å². The zero-order chi connectivity index (χ0) is 11.5. The molecule has 0 aromatic heterocycles. The molecule has 1 aliphatic rings. The Hall–Kier alpha value is -0.200. The van der Waals surface area contributed by atoms with Gasteiger partial charge in [-0.3, -0.25) is 0 Å². The predicted molar refractivity (Wildman–Crippen MR) is 71.3 cm³/mol. The Morgan fingerprint density at radius 3 is 2.81 bits per heavy atom. The third-order valence-electron chi connectivity index (χ3n) is 3.71. The molecule has 0 heterocycles. The van der Waals surface area contributed by atoms with Crippen molar-refractivity contribution in [2.75, 3.05) is 0 Å². The van der Waals surface area contributed by atoms with E-state index in [1.165, 1.54) is 24.8 Å². The number of hydrogen-bond donors (Lipinski definition) is 0. The molecule has 0 amide bonds. The molecule has 3 unspecified atom stereocenters. The van der Waals surface area contributed by atoms with Crippen LogP contribution in [0.3, 0.4) is 0 Å². The second-order valence-electron chi connectivity index (χ2n) is 4.92. The van der Waals surface area contributed by atoms with Crippen LogP contribution in [-0.4, -0.2) is 5.38 Å². The molecule has 1 fully saturated rings. The van der Waals surface area contributed by atoms with Crippen molar-refractivity contribution in [1.82, 2.24) is 0 Å². The normalized spacial score (nSPS) is 26.9. The molecule has 2 heteroatoms. The maximum absolute atomic E-state index is 6.53. The van der Waals surface area contributed by atoms with Crippen LogP contribution < -0.4 is 0 Å². The second-order valence-corrected chi connectivity index (χ2v) is 5.92. The molecule has 2 rings (SSSR count). The van der Waals surface area contributed by atoms with Crippen LogP contribution in [0.1, 0.15) is 31.7 Å². The summed E-state index contributed by atoms with van der Waals surface area (Å²) in [4.78, 5) is 0. The molecule has 88 valence electrons. The summed E-state index contributed by atoms with van der Waals surface area (Å²) in [6, 6.07) is 8.04. The SMILES string of the molecule is CC1CCCC1C(Cl)Cc1cccc(Cl)c1. The summed E-state index contributed by atoms with van der Waals surface area (Å²) in [5, 5.41) is 1.07. The summed E-state index contributed by atoms with van der Waals surface area (Å²) in [7, 11) is 0. The predicted octanol–water partition coefficient (Wildman–Crippen LogP) is 4.93. The Bertz CT molecular complexity index is 348. The van der Waals surface area contributed by atoms with Gasteiger partial charge in [0.05, 0.1) is 0 Å². The first-order valence-electron chi connectivity index (χ1n) is 6.05. The summed E-state index contributed by atoms with van der Waals surface area (Å²) in [6.07, 6.45) is 4.90. The van der Waals surface area contributed by atoms with Crippen molar-refractivity contribution >= 4 is 23.2 Å². The lowest BCUT2D eigenvalue weighted by molar-refractivity contribution is 0.398. The fraction of sp³-hybridized carbons (Fsp3) is 0.571. The van der Waals surface area contributed by atoms with E-state index in [9.17, 15) is 0 Å². The highest BCUT2D eigenvalue weighted by molar-refractivity contribution is 6.30. The monoisotopic (exact) mass is 256 g/mol. The van der Waals surface area contributed by atoms with Crippen molar-refractivity contribution in [3.63, 3.8) is 0 Å². The van der Waals surface area contributed by atoms with Crippen LogP contribution in [0.4, 0.5) is 0 Å². The zero-order valence-corrected chi connectivity index (χ0v) is 11.1. The Balaban J connectivity index is 1.99. The summed E-state index contributed by atoms with van der Waals surface area (Å²) in [5.41, 5.74) is 1.26. The van der Waals surface area contributed by atoms with Crippen LogP contribution in [-0.2, 0) is 6.42 Å². The highest BCUT2D eigenvalue weighted by atomic mass is 35.5. The van der Waals surface area contributed by atoms with E-state index in [2.05, 4.69) is 13.0 Å². The highest BCUT2D eigenvalue weighted by Gasteiger charge is 2.29. The topological polar surface area (TPSA) is 0 Å². The van der Waals surface area contributed by atoms with E-state index in [1.54, 1.807) is 0 Å². The third-order valence-corrected chi connectivity index (χ3v) is 4.43. The Labute approximate surface area is 108 Å². The first kappa shape index (κ1) is 12.3. The molecule has 0 saturated heterocycles. The molecule has 0 aliphatic heterocycles. The maximum atomic E-state index is 6.53. The smallest absolute Gasteiger partial charge is 0.0408 e. The number of benzene rings is 1. The average Bonchev–Trinajstić information content (AvgIpc) is 2.64. The number of halogens is 2. The Morgan fingerprint density at radius 2 is 2.19 bits per heavy atom. The van der Waals surface area contributed by atoms with Crippen molar-refractivity contribution in [2.24, 2.45) is 11.8 Å². The quantitative estimate of drug-likeness (QED) is 0.674. The van der Waals surface area contributed by atoms with Crippen LogP contribution in [0.15, 0.2) is 24.3 Å². The van der Waals surface area contributed by atoms with Crippen LogP contribution >= 0.6 is 23.2 Å². The van der Waals surface area contributed by atoms with Gasteiger partial charge in [-0.1, -0.05) is 43.5 Å². The average molecular weight is 257 g/mol. The van der Waals surface area contributed by atoms with Gasteiger partial charge in [0, 0.05) is 10.4 Å².